The Bertz CT molecular complexity index is 222. The quantitative estimate of drug-likeness (QED) is 0.703. The molecule has 0 fully saturated rings. The number of aliphatic hydroxyl groups is 1. The summed E-state index contributed by atoms with van der Waals surface area (Å²) in [6.07, 6.45) is 1.74. The van der Waals surface area contributed by atoms with E-state index in [0.717, 1.165) is 6.54 Å². The van der Waals surface area contributed by atoms with Crippen LogP contribution in [0.1, 0.15) is 12.5 Å². The highest BCUT2D eigenvalue weighted by Gasteiger charge is 2.02. The van der Waals surface area contributed by atoms with Gasteiger partial charge in [-0.25, -0.2) is 0 Å². The Morgan fingerprint density at radius 3 is 2.80 bits per heavy atom. The van der Waals surface area contributed by atoms with E-state index >= 15 is 0 Å². The molecule has 0 unspecified atom stereocenters. The van der Waals surface area contributed by atoms with E-state index < -0.39 is 0 Å². The first-order chi connectivity index (χ1) is 4.77. The molecular weight excluding hydrogens is 152 g/mol. The standard InChI is InChI=1S/C6H9ClN2O/c1-2-9-3-5(4-10)6(7)8-9/h3,10H,2,4H2,1H3. The van der Waals surface area contributed by atoms with Crippen molar-refractivity contribution >= 4 is 11.6 Å². The van der Waals surface area contributed by atoms with Crippen molar-refractivity contribution in [2.75, 3.05) is 0 Å². The fourth-order valence-corrected chi connectivity index (χ4v) is 0.913. The van der Waals surface area contributed by atoms with E-state index in [-0.39, 0.29) is 6.61 Å². The second-order valence-corrected chi connectivity index (χ2v) is 2.32. The van der Waals surface area contributed by atoms with Crippen molar-refractivity contribution in [3.8, 4) is 0 Å². The molecule has 0 spiro atoms. The molecule has 4 heteroatoms. The molecule has 3 nitrogen and oxygen atoms in total. The number of aliphatic hydroxyl groups excluding tert-OH is 1. The van der Waals surface area contributed by atoms with E-state index in [0.29, 0.717) is 10.7 Å². The van der Waals surface area contributed by atoms with Crippen LogP contribution in [0.15, 0.2) is 6.20 Å². The lowest BCUT2D eigenvalue weighted by Crippen LogP contribution is -1.92. The van der Waals surface area contributed by atoms with Crippen molar-refractivity contribution in [2.24, 2.45) is 0 Å². The van der Waals surface area contributed by atoms with Crippen molar-refractivity contribution in [1.29, 1.82) is 0 Å². The molecule has 0 amide bonds. The van der Waals surface area contributed by atoms with Crippen molar-refractivity contribution in [3.05, 3.63) is 16.9 Å². The largest absolute Gasteiger partial charge is 0.392 e. The molecule has 0 saturated heterocycles. The summed E-state index contributed by atoms with van der Waals surface area (Å²) in [5.74, 6) is 0. The van der Waals surface area contributed by atoms with Crippen molar-refractivity contribution in [2.45, 2.75) is 20.1 Å². The molecule has 1 aromatic rings. The van der Waals surface area contributed by atoms with Gasteiger partial charge < -0.3 is 5.11 Å². The Hall–Kier alpha value is -0.540. The van der Waals surface area contributed by atoms with Gasteiger partial charge >= 0.3 is 0 Å². The maximum absolute atomic E-state index is 8.69. The fourth-order valence-electron chi connectivity index (χ4n) is 0.707. The molecule has 0 aromatic carbocycles. The molecule has 10 heavy (non-hydrogen) atoms. The number of aryl methyl sites for hydroxylation is 1. The molecule has 0 atom stereocenters. The summed E-state index contributed by atoms with van der Waals surface area (Å²) in [6, 6.07) is 0. The summed E-state index contributed by atoms with van der Waals surface area (Å²) < 4.78 is 1.69. The Morgan fingerprint density at radius 1 is 1.80 bits per heavy atom. The number of aromatic nitrogens is 2. The summed E-state index contributed by atoms with van der Waals surface area (Å²) in [5.41, 5.74) is 0.684. The normalized spacial score (nSPS) is 10.3. The smallest absolute Gasteiger partial charge is 0.156 e. The summed E-state index contributed by atoms with van der Waals surface area (Å²) in [5, 5.41) is 13.0. The summed E-state index contributed by atoms with van der Waals surface area (Å²) in [7, 11) is 0. The third-order valence-corrected chi connectivity index (χ3v) is 1.60. The van der Waals surface area contributed by atoms with Crippen LogP contribution >= 0.6 is 11.6 Å². The first-order valence-corrected chi connectivity index (χ1v) is 3.48. The highest BCUT2D eigenvalue weighted by Crippen LogP contribution is 2.12. The Balaban J connectivity index is 2.92. The predicted octanol–water partition coefficient (Wildman–Crippen LogP) is 1.05. The van der Waals surface area contributed by atoms with Crippen LogP contribution < -0.4 is 0 Å². The van der Waals surface area contributed by atoms with Gasteiger partial charge in [-0.15, -0.1) is 0 Å². The van der Waals surface area contributed by atoms with Crippen LogP contribution in [0.3, 0.4) is 0 Å². The average Bonchev–Trinajstić information content (AvgIpc) is 2.30. The Morgan fingerprint density at radius 2 is 2.50 bits per heavy atom. The first kappa shape index (κ1) is 7.57. The number of rotatable bonds is 2. The minimum Gasteiger partial charge on any atom is -0.392 e. The van der Waals surface area contributed by atoms with Gasteiger partial charge in [0.2, 0.25) is 0 Å². The van der Waals surface area contributed by atoms with Crippen LogP contribution in [0, 0.1) is 0 Å². The molecule has 0 aliphatic heterocycles. The van der Waals surface area contributed by atoms with Crippen LogP contribution in [-0.4, -0.2) is 14.9 Å². The van der Waals surface area contributed by atoms with Crippen molar-refractivity contribution < 1.29 is 5.11 Å². The maximum atomic E-state index is 8.69. The van der Waals surface area contributed by atoms with Gasteiger partial charge in [-0.05, 0) is 6.92 Å². The molecule has 1 N–H and O–H groups in total. The number of hydrogen-bond acceptors (Lipinski definition) is 2. The lowest BCUT2D eigenvalue weighted by Gasteiger charge is -1.88. The van der Waals surface area contributed by atoms with Crippen LogP contribution in [0.25, 0.3) is 0 Å². The Kier molecular flexibility index (Phi) is 2.29. The van der Waals surface area contributed by atoms with Crippen molar-refractivity contribution in [1.82, 2.24) is 9.78 Å². The maximum Gasteiger partial charge on any atom is 0.156 e. The molecule has 0 aliphatic carbocycles. The fraction of sp³-hybridized carbons (Fsp3) is 0.500. The zero-order valence-electron chi connectivity index (χ0n) is 5.71. The Labute approximate surface area is 64.2 Å². The highest BCUT2D eigenvalue weighted by molar-refractivity contribution is 6.30. The van der Waals surface area contributed by atoms with Gasteiger partial charge in [-0.3, -0.25) is 4.68 Å². The zero-order valence-corrected chi connectivity index (χ0v) is 6.47. The van der Waals surface area contributed by atoms with Gasteiger partial charge in [-0.2, -0.15) is 5.10 Å². The number of hydrogen-bond donors (Lipinski definition) is 1. The predicted molar refractivity (Wildman–Crippen MR) is 38.8 cm³/mol. The van der Waals surface area contributed by atoms with E-state index in [2.05, 4.69) is 5.10 Å². The van der Waals surface area contributed by atoms with Gasteiger partial charge in [0.1, 0.15) is 0 Å². The van der Waals surface area contributed by atoms with E-state index in [9.17, 15) is 0 Å². The van der Waals surface area contributed by atoms with Crippen LogP contribution in [0.4, 0.5) is 0 Å². The molecular formula is C6H9ClN2O. The van der Waals surface area contributed by atoms with E-state index in [4.69, 9.17) is 16.7 Å². The van der Waals surface area contributed by atoms with Gasteiger partial charge in [0.25, 0.3) is 0 Å². The van der Waals surface area contributed by atoms with Crippen LogP contribution in [0.2, 0.25) is 5.15 Å². The van der Waals surface area contributed by atoms with Crippen LogP contribution in [-0.2, 0) is 13.2 Å². The highest BCUT2D eigenvalue weighted by atomic mass is 35.5. The molecule has 0 saturated carbocycles. The van der Waals surface area contributed by atoms with Gasteiger partial charge in [0.05, 0.1) is 6.61 Å². The van der Waals surface area contributed by atoms with Crippen molar-refractivity contribution in [3.63, 3.8) is 0 Å². The minimum atomic E-state index is -0.0428. The van der Waals surface area contributed by atoms with Crippen LogP contribution in [0.5, 0.6) is 0 Å². The first-order valence-electron chi connectivity index (χ1n) is 3.10. The molecule has 1 heterocycles. The lowest BCUT2D eigenvalue weighted by atomic mass is 10.4. The van der Waals surface area contributed by atoms with Gasteiger partial charge in [0, 0.05) is 18.3 Å². The minimum absolute atomic E-state index is 0.0428. The van der Waals surface area contributed by atoms with Gasteiger partial charge in [-0.1, -0.05) is 11.6 Å². The number of nitrogens with zero attached hydrogens (tertiary/aromatic N) is 2. The molecule has 0 aliphatic rings. The van der Waals surface area contributed by atoms with E-state index in [1.807, 2.05) is 6.92 Å². The monoisotopic (exact) mass is 160 g/mol. The SMILES string of the molecule is CCn1cc(CO)c(Cl)n1. The summed E-state index contributed by atoms with van der Waals surface area (Å²) in [4.78, 5) is 0. The molecule has 0 bridgehead atoms. The second kappa shape index (κ2) is 3.03. The van der Waals surface area contributed by atoms with E-state index in [1.54, 1.807) is 10.9 Å². The topological polar surface area (TPSA) is 38.0 Å². The molecule has 1 aromatic heterocycles. The lowest BCUT2D eigenvalue weighted by molar-refractivity contribution is 0.282. The third kappa shape index (κ3) is 1.30. The summed E-state index contributed by atoms with van der Waals surface area (Å²) >= 11 is 5.63. The molecule has 56 valence electrons. The second-order valence-electron chi connectivity index (χ2n) is 1.96. The molecule has 1 rings (SSSR count). The van der Waals surface area contributed by atoms with E-state index in [1.165, 1.54) is 0 Å². The zero-order chi connectivity index (χ0) is 7.56. The van der Waals surface area contributed by atoms with Gasteiger partial charge in [0.15, 0.2) is 5.15 Å². The average molecular weight is 161 g/mol. The number of halogens is 1. The molecule has 0 radical (unpaired) electrons. The third-order valence-electron chi connectivity index (χ3n) is 1.28. The summed E-state index contributed by atoms with van der Waals surface area (Å²) in [6.45, 7) is 2.70.